The lowest BCUT2D eigenvalue weighted by molar-refractivity contribution is 0.282. The van der Waals surface area contributed by atoms with E-state index in [2.05, 4.69) is 15.1 Å². The van der Waals surface area contributed by atoms with Crippen LogP contribution in [0.1, 0.15) is 18.4 Å². The van der Waals surface area contributed by atoms with E-state index in [4.69, 9.17) is 15.3 Å². The number of azo groups is 1. The molecular formula is C20H27N3O3. The van der Waals surface area contributed by atoms with E-state index in [9.17, 15) is 0 Å². The Morgan fingerprint density at radius 3 is 1.62 bits per heavy atom. The van der Waals surface area contributed by atoms with Crippen molar-refractivity contribution in [2.75, 3.05) is 37.8 Å². The first kappa shape index (κ1) is 20.0. The summed E-state index contributed by atoms with van der Waals surface area (Å²) in [6.07, 6.45) is 2.03. The lowest BCUT2D eigenvalue weighted by atomic mass is 10.1. The molecule has 2 aromatic carbocycles. The summed E-state index contributed by atoms with van der Waals surface area (Å²) in [5.41, 5.74) is 3.64. The van der Waals surface area contributed by atoms with Crippen molar-refractivity contribution < 1.29 is 15.3 Å². The third-order valence-electron chi connectivity index (χ3n) is 4.00. The van der Waals surface area contributed by atoms with E-state index in [1.54, 1.807) is 0 Å². The highest BCUT2D eigenvalue weighted by molar-refractivity contribution is 5.53. The molecule has 0 unspecified atom stereocenters. The zero-order chi connectivity index (χ0) is 18.6. The van der Waals surface area contributed by atoms with E-state index in [1.807, 2.05) is 48.5 Å². The summed E-state index contributed by atoms with van der Waals surface area (Å²) in [7, 11) is 0. The third kappa shape index (κ3) is 6.55. The molecule has 0 aliphatic rings. The summed E-state index contributed by atoms with van der Waals surface area (Å²) in [5.74, 6) is 0. The Kier molecular flexibility index (Phi) is 8.75. The number of hydrogen-bond acceptors (Lipinski definition) is 6. The van der Waals surface area contributed by atoms with Crippen LogP contribution >= 0.6 is 0 Å². The molecule has 6 heteroatoms. The lowest BCUT2D eigenvalue weighted by Crippen LogP contribution is -2.26. The van der Waals surface area contributed by atoms with E-state index in [1.165, 1.54) is 0 Å². The van der Waals surface area contributed by atoms with Crippen molar-refractivity contribution in [2.24, 2.45) is 10.2 Å². The smallest absolute Gasteiger partial charge is 0.0858 e. The number of aliphatic hydroxyl groups excluding tert-OH is 3. The van der Waals surface area contributed by atoms with E-state index in [0.29, 0.717) is 19.3 Å². The van der Waals surface area contributed by atoms with Gasteiger partial charge in [-0.3, -0.25) is 0 Å². The second-order valence-corrected chi connectivity index (χ2v) is 6.00. The van der Waals surface area contributed by atoms with Gasteiger partial charge in [0.2, 0.25) is 0 Å². The lowest BCUT2D eigenvalue weighted by Gasteiger charge is -2.24. The monoisotopic (exact) mass is 357 g/mol. The van der Waals surface area contributed by atoms with E-state index in [0.717, 1.165) is 35.7 Å². The molecule has 0 radical (unpaired) electrons. The van der Waals surface area contributed by atoms with Gasteiger partial charge in [-0.1, -0.05) is 12.1 Å². The first-order valence-electron chi connectivity index (χ1n) is 8.95. The minimum absolute atomic E-state index is 0.140. The molecule has 3 N–H and O–H groups in total. The van der Waals surface area contributed by atoms with Gasteiger partial charge in [-0.2, -0.15) is 10.2 Å². The van der Waals surface area contributed by atoms with Crippen molar-refractivity contribution >= 4 is 17.1 Å². The van der Waals surface area contributed by atoms with Gasteiger partial charge >= 0.3 is 0 Å². The average molecular weight is 357 g/mol. The molecular weight excluding hydrogens is 330 g/mol. The quantitative estimate of drug-likeness (QED) is 0.539. The second-order valence-electron chi connectivity index (χ2n) is 6.00. The second kappa shape index (κ2) is 11.4. The number of benzene rings is 2. The summed E-state index contributed by atoms with van der Waals surface area (Å²) in [4.78, 5) is 2.15. The molecule has 0 atom stereocenters. The van der Waals surface area contributed by atoms with Gasteiger partial charge in [0.1, 0.15) is 0 Å². The Hall–Kier alpha value is -2.28. The summed E-state index contributed by atoms with van der Waals surface area (Å²) in [5, 5.41) is 35.5. The largest absolute Gasteiger partial charge is 0.396 e. The predicted octanol–water partition coefficient (Wildman–Crippen LogP) is 3.21. The molecule has 140 valence electrons. The Morgan fingerprint density at radius 2 is 1.15 bits per heavy atom. The summed E-state index contributed by atoms with van der Waals surface area (Å²) < 4.78 is 0. The third-order valence-corrected chi connectivity index (χ3v) is 4.00. The average Bonchev–Trinajstić information content (AvgIpc) is 2.68. The maximum absolute atomic E-state index is 9.04. The van der Waals surface area contributed by atoms with Gasteiger partial charge < -0.3 is 20.2 Å². The van der Waals surface area contributed by atoms with Crippen LogP contribution in [-0.2, 0) is 6.42 Å². The molecule has 0 saturated heterocycles. The molecule has 0 aliphatic carbocycles. The highest BCUT2D eigenvalue weighted by Gasteiger charge is 2.06. The molecule has 0 aliphatic heterocycles. The molecule has 2 aromatic rings. The molecule has 0 aromatic heterocycles. The Balaban J connectivity index is 2.00. The molecule has 0 amide bonds. The highest BCUT2D eigenvalue weighted by Crippen LogP contribution is 2.23. The van der Waals surface area contributed by atoms with Gasteiger partial charge in [0.25, 0.3) is 0 Å². The van der Waals surface area contributed by atoms with Gasteiger partial charge in [0.15, 0.2) is 0 Å². The number of aliphatic hydroxyl groups is 3. The van der Waals surface area contributed by atoms with Crippen LogP contribution in [0.2, 0.25) is 0 Å². The Morgan fingerprint density at radius 1 is 0.654 bits per heavy atom. The summed E-state index contributed by atoms with van der Waals surface area (Å²) in [6, 6.07) is 15.4. The van der Waals surface area contributed by atoms with Crippen LogP contribution in [0.15, 0.2) is 58.8 Å². The molecule has 2 rings (SSSR count). The van der Waals surface area contributed by atoms with Crippen LogP contribution < -0.4 is 4.90 Å². The molecule has 0 fully saturated rings. The van der Waals surface area contributed by atoms with Crippen LogP contribution in [0.3, 0.4) is 0 Å². The molecule has 26 heavy (non-hydrogen) atoms. The van der Waals surface area contributed by atoms with Gasteiger partial charge in [-0.15, -0.1) is 0 Å². The fourth-order valence-electron chi connectivity index (χ4n) is 2.60. The normalized spacial score (nSPS) is 11.2. The van der Waals surface area contributed by atoms with Crippen molar-refractivity contribution in [2.45, 2.75) is 19.3 Å². The van der Waals surface area contributed by atoms with Crippen molar-refractivity contribution in [1.29, 1.82) is 0 Å². The zero-order valence-electron chi connectivity index (χ0n) is 15.0. The van der Waals surface area contributed by atoms with Crippen molar-refractivity contribution in [1.82, 2.24) is 0 Å². The SMILES string of the molecule is OCCCN(CCCO)c1ccc(N=Nc2ccc(CCO)cc2)cc1. The fraction of sp³-hybridized carbons (Fsp3) is 0.400. The van der Waals surface area contributed by atoms with Crippen molar-refractivity contribution in [3.8, 4) is 0 Å². The van der Waals surface area contributed by atoms with Gasteiger partial charge in [-0.05, 0) is 61.2 Å². The van der Waals surface area contributed by atoms with Crippen LogP contribution in [-0.4, -0.2) is 48.2 Å². The van der Waals surface area contributed by atoms with E-state index < -0.39 is 0 Å². The number of hydrogen-bond donors (Lipinski definition) is 3. The van der Waals surface area contributed by atoms with Crippen LogP contribution in [0, 0.1) is 0 Å². The fourth-order valence-corrected chi connectivity index (χ4v) is 2.60. The predicted molar refractivity (Wildman–Crippen MR) is 103 cm³/mol. The highest BCUT2D eigenvalue weighted by atomic mass is 16.3. The number of rotatable bonds is 11. The number of nitrogens with zero attached hydrogens (tertiary/aromatic N) is 3. The number of anilines is 1. The van der Waals surface area contributed by atoms with E-state index >= 15 is 0 Å². The first-order chi connectivity index (χ1) is 12.8. The van der Waals surface area contributed by atoms with Crippen molar-refractivity contribution in [3.63, 3.8) is 0 Å². The van der Waals surface area contributed by atoms with Crippen LogP contribution in [0.25, 0.3) is 0 Å². The molecule has 0 spiro atoms. The van der Waals surface area contributed by atoms with Gasteiger partial charge in [0.05, 0.1) is 11.4 Å². The maximum Gasteiger partial charge on any atom is 0.0858 e. The topological polar surface area (TPSA) is 88.7 Å². The Labute approximate surface area is 154 Å². The maximum atomic E-state index is 9.04. The molecule has 0 bridgehead atoms. The van der Waals surface area contributed by atoms with Crippen molar-refractivity contribution in [3.05, 3.63) is 54.1 Å². The molecule has 6 nitrogen and oxygen atoms in total. The first-order valence-corrected chi connectivity index (χ1v) is 8.95. The zero-order valence-corrected chi connectivity index (χ0v) is 15.0. The molecule has 0 heterocycles. The standard InChI is InChI=1S/C20H27N3O3/c24-14-1-12-23(13-2-15-25)20-9-7-19(8-10-20)22-21-18-5-3-17(4-6-18)11-16-26/h3-10,24-26H,1-2,11-16H2. The van der Waals surface area contributed by atoms with E-state index in [-0.39, 0.29) is 19.8 Å². The summed E-state index contributed by atoms with van der Waals surface area (Å²) >= 11 is 0. The van der Waals surface area contributed by atoms with Crippen LogP contribution in [0.5, 0.6) is 0 Å². The Bertz CT molecular complexity index is 649. The minimum Gasteiger partial charge on any atom is -0.396 e. The van der Waals surface area contributed by atoms with Crippen LogP contribution in [0.4, 0.5) is 17.1 Å². The van der Waals surface area contributed by atoms with Gasteiger partial charge in [0, 0.05) is 38.6 Å². The minimum atomic E-state index is 0.140. The molecule has 0 saturated carbocycles. The summed E-state index contributed by atoms with van der Waals surface area (Å²) in [6.45, 7) is 1.94. The van der Waals surface area contributed by atoms with Gasteiger partial charge in [-0.25, -0.2) is 0 Å².